The van der Waals surface area contributed by atoms with E-state index < -0.39 is 0 Å². The lowest BCUT2D eigenvalue weighted by atomic mass is 10.3. The number of rotatable bonds is 5. The van der Waals surface area contributed by atoms with Gasteiger partial charge in [0, 0.05) is 25.8 Å². The predicted octanol–water partition coefficient (Wildman–Crippen LogP) is 2.41. The number of halogens is 1. The van der Waals surface area contributed by atoms with E-state index in [0.29, 0.717) is 24.4 Å². The van der Waals surface area contributed by atoms with Crippen molar-refractivity contribution in [2.24, 2.45) is 5.73 Å². The van der Waals surface area contributed by atoms with Crippen LogP contribution in [0.25, 0.3) is 22.6 Å². The second kappa shape index (κ2) is 5.65. The largest absolute Gasteiger partial charge is 0.335 e. The highest BCUT2D eigenvalue weighted by Gasteiger charge is 2.16. The Labute approximate surface area is 122 Å². The fraction of sp³-hybridized carbons (Fsp3) is 0.333. The van der Waals surface area contributed by atoms with Crippen molar-refractivity contribution < 1.29 is 4.39 Å². The number of hydrogen-bond donors (Lipinski definition) is 1. The van der Waals surface area contributed by atoms with Crippen LogP contribution in [0.5, 0.6) is 0 Å². The summed E-state index contributed by atoms with van der Waals surface area (Å²) in [5.74, 6) is 0.401. The standard InChI is InChI=1S/C15H18FN5/c1-2-7-21-13-5-3-4-11(16)14(13)19-15(21)12-9-20(8-6-17)10-18-12/h3-5,9-10H,2,6-8,17H2,1H3. The van der Waals surface area contributed by atoms with Gasteiger partial charge in [-0.3, -0.25) is 0 Å². The number of aryl methyl sites for hydroxylation is 1. The lowest BCUT2D eigenvalue weighted by Crippen LogP contribution is -2.07. The van der Waals surface area contributed by atoms with Crippen molar-refractivity contribution in [2.75, 3.05) is 6.54 Å². The van der Waals surface area contributed by atoms with E-state index in [9.17, 15) is 4.39 Å². The third kappa shape index (κ3) is 2.42. The molecule has 21 heavy (non-hydrogen) atoms. The highest BCUT2D eigenvalue weighted by atomic mass is 19.1. The zero-order valence-electron chi connectivity index (χ0n) is 12.0. The van der Waals surface area contributed by atoms with Gasteiger partial charge >= 0.3 is 0 Å². The third-order valence-electron chi connectivity index (χ3n) is 3.43. The summed E-state index contributed by atoms with van der Waals surface area (Å²) in [5, 5.41) is 0. The van der Waals surface area contributed by atoms with Crippen molar-refractivity contribution in [3.8, 4) is 11.5 Å². The summed E-state index contributed by atoms with van der Waals surface area (Å²) >= 11 is 0. The minimum Gasteiger partial charge on any atom is -0.335 e. The Morgan fingerprint density at radius 2 is 2.14 bits per heavy atom. The van der Waals surface area contributed by atoms with Gasteiger partial charge < -0.3 is 14.9 Å². The monoisotopic (exact) mass is 287 g/mol. The van der Waals surface area contributed by atoms with Crippen LogP contribution >= 0.6 is 0 Å². The zero-order chi connectivity index (χ0) is 14.8. The molecule has 0 saturated carbocycles. The number of para-hydroxylation sites is 1. The van der Waals surface area contributed by atoms with Crippen molar-refractivity contribution in [2.45, 2.75) is 26.4 Å². The Balaban J connectivity index is 2.15. The summed E-state index contributed by atoms with van der Waals surface area (Å²) < 4.78 is 17.9. The summed E-state index contributed by atoms with van der Waals surface area (Å²) in [5.41, 5.74) is 7.49. The van der Waals surface area contributed by atoms with E-state index in [1.165, 1.54) is 6.07 Å². The minimum absolute atomic E-state index is 0.301. The molecule has 0 aliphatic carbocycles. The first-order valence-corrected chi connectivity index (χ1v) is 7.11. The maximum absolute atomic E-state index is 13.9. The van der Waals surface area contributed by atoms with Gasteiger partial charge in [0.05, 0.1) is 11.8 Å². The molecule has 0 aliphatic heterocycles. The maximum atomic E-state index is 13.9. The molecule has 0 saturated heterocycles. The first kappa shape index (κ1) is 13.8. The molecule has 3 aromatic rings. The summed E-state index contributed by atoms with van der Waals surface area (Å²) in [6.45, 7) is 4.12. The van der Waals surface area contributed by atoms with Gasteiger partial charge in [-0.2, -0.15) is 0 Å². The Bertz CT molecular complexity index is 759. The SMILES string of the molecule is CCCn1c(-c2cn(CCN)cn2)nc2c(F)cccc21. The average molecular weight is 287 g/mol. The summed E-state index contributed by atoms with van der Waals surface area (Å²) in [7, 11) is 0. The van der Waals surface area contributed by atoms with E-state index in [2.05, 4.69) is 16.9 Å². The van der Waals surface area contributed by atoms with E-state index >= 15 is 0 Å². The molecule has 0 radical (unpaired) electrons. The van der Waals surface area contributed by atoms with Crippen molar-refractivity contribution in [1.29, 1.82) is 0 Å². The van der Waals surface area contributed by atoms with Crippen LogP contribution in [0.3, 0.4) is 0 Å². The summed E-state index contributed by atoms with van der Waals surface area (Å²) in [4.78, 5) is 8.83. The number of aromatic nitrogens is 4. The van der Waals surface area contributed by atoms with Gasteiger partial charge in [0.2, 0.25) is 0 Å². The molecule has 0 aliphatic rings. The van der Waals surface area contributed by atoms with Gasteiger partial charge in [-0.1, -0.05) is 13.0 Å². The van der Waals surface area contributed by atoms with Gasteiger partial charge in [-0.15, -0.1) is 0 Å². The molecule has 3 rings (SSSR count). The minimum atomic E-state index is -0.301. The molecule has 0 fully saturated rings. The fourth-order valence-electron chi connectivity index (χ4n) is 2.51. The fourth-order valence-corrected chi connectivity index (χ4v) is 2.51. The Morgan fingerprint density at radius 3 is 2.90 bits per heavy atom. The Kier molecular flexibility index (Phi) is 3.70. The molecule has 0 amide bonds. The van der Waals surface area contributed by atoms with Crippen molar-refractivity contribution in [1.82, 2.24) is 19.1 Å². The quantitative estimate of drug-likeness (QED) is 0.784. The average Bonchev–Trinajstić information content (AvgIpc) is 3.06. The second-order valence-electron chi connectivity index (χ2n) is 4.98. The van der Waals surface area contributed by atoms with Crippen LogP contribution in [0.15, 0.2) is 30.7 Å². The van der Waals surface area contributed by atoms with Crippen LogP contribution in [0.1, 0.15) is 13.3 Å². The first-order valence-electron chi connectivity index (χ1n) is 7.11. The van der Waals surface area contributed by atoms with Crippen molar-refractivity contribution >= 4 is 11.0 Å². The Hall–Kier alpha value is -2.21. The molecule has 110 valence electrons. The zero-order valence-corrected chi connectivity index (χ0v) is 12.0. The third-order valence-corrected chi connectivity index (χ3v) is 3.43. The number of benzene rings is 1. The van der Waals surface area contributed by atoms with Gasteiger partial charge in [0.15, 0.2) is 11.6 Å². The lowest BCUT2D eigenvalue weighted by Gasteiger charge is -2.05. The van der Waals surface area contributed by atoms with Gasteiger partial charge in [-0.25, -0.2) is 14.4 Å². The molecule has 2 aromatic heterocycles. The van der Waals surface area contributed by atoms with Crippen molar-refractivity contribution in [3.05, 3.63) is 36.5 Å². The van der Waals surface area contributed by atoms with Crippen molar-refractivity contribution in [3.63, 3.8) is 0 Å². The van der Waals surface area contributed by atoms with Gasteiger partial charge in [0.25, 0.3) is 0 Å². The van der Waals surface area contributed by atoms with Crippen LogP contribution in [0.4, 0.5) is 4.39 Å². The second-order valence-corrected chi connectivity index (χ2v) is 4.98. The number of nitrogens with zero attached hydrogens (tertiary/aromatic N) is 4. The first-order chi connectivity index (χ1) is 10.2. The Morgan fingerprint density at radius 1 is 1.29 bits per heavy atom. The molecule has 0 bridgehead atoms. The summed E-state index contributed by atoms with van der Waals surface area (Å²) in [6, 6.07) is 5.03. The van der Waals surface area contributed by atoms with Gasteiger partial charge in [0.1, 0.15) is 11.2 Å². The van der Waals surface area contributed by atoms with E-state index in [0.717, 1.165) is 24.2 Å². The molecule has 2 N–H and O–H groups in total. The van der Waals surface area contributed by atoms with Crippen LogP contribution < -0.4 is 5.73 Å². The van der Waals surface area contributed by atoms with E-state index in [1.807, 2.05) is 21.4 Å². The molecule has 1 aromatic carbocycles. The number of hydrogen-bond acceptors (Lipinski definition) is 3. The molecule has 5 nitrogen and oxygen atoms in total. The molecule has 0 atom stereocenters. The molecular weight excluding hydrogens is 269 g/mol. The van der Waals surface area contributed by atoms with E-state index in [-0.39, 0.29) is 5.82 Å². The van der Waals surface area contributed by atoms with E-state index in [4.69, 9.17) is 5.73 Å². The highest BCUT2D eigenvalue weighted by Crippen LogP contribution is 2.25. The highest BCUT2D eigenvalue weighted by molar-refractivity contribution is 5.80. The molecule has 0 unspecified atom stereocenters. The number of imidazole rings is 2. The van der Waals surface area contributed by atoms with Crippen LogP contribution in [-0.4, -0.2) is 25.6 Å². The molecule has 2 heterocycles. The lowest BCUT2D eigenvalue weighted by molar-refractivity contribution is 0.637. The molecular formula is C15H18FN5. The maximum Gasteiger partial charge on any atom is 0.161 e. The van der Waals surface area contributed by atoms with E-state index in [1.54, 1.807) is 12.4 Å². The number of nitrogens with two attached hydrogens (primary N) is 1. The van der Waals surface area contributed by atoms with Crippen LogP contribution in [0.2, 0.25) is 0 Å². The predicted molar refractivity (Wildman–Crippen MR) is 80.3 cm³/mol. The topological polar surface area (TPSA) is 61.7 Å². The van der Waals surface area contributed by atoms with Crippen LogP contribution in [-0.2, 0) is 13.1 Å². The normalized spacial score (nSPS) is 11.4. The van der Waals surface area contributed by atoms with Crippen LogP contribution in [0, 0.1) is 5.82 Å². The smallest absolute Gasteiger partial charge is 0.161 e. The van der Waals surface area contributed by atoms with Gasteiger partial charge in [-0.05, 0) is 18.6 Å². The number of fused-ring (bicyclic) bond motifs is 1. The summed E-state index contributed by atoms with van der Waals surface area (Å²) in [6.07, 6.45) is 4.57. The molecule has 0 spiro atoms. The molecule has 6 heteroatoms.